The number of benzene rings is 1. The monoisotopic (exact) mass is 356 g/mol. The van der Waals surface area contributed by atoms with Crippen molar-refractivity contribution in [3.8, 4) is 5.75 Å². The van der Waals surface area contributed by atoms with Gasteiger partial charge in [-0.25, -0.2) is 0 Å². The highest BCUT2D eigenvalue weighted by Crippen LogP contribution is 2.23. The lowest BCUT2D eigenvalue weighted by atomic mass is 9.92. The summed E-state index contributed by atoms with van der Waals surface area (Å²) in [5, 5.41) is 3.19. The number of nitrogen functional groups attached to an aromatic ring is 1. The molecule has 0 spiro atoms. The summed E-state index contributed by atoms with van der Waals surface area (Å²) in [4.78, 5) is 15.5. The van der Waals surface area contributed by atoms with Gasteiger partial charge in [0, 0.05) is 18.8 Å². The van der Waals surface area contributed by atoms with E-state index in [9.17, 15) is 0 Å². The van der Waals surface area contributed by atoms with Gasteiger partial charge in [-0.3, -0.25) is 4.90 Å². The number of likely N-dealkylation sites (tertiary alicyclic amines) is 1. The second-order valence-corrected chi connectivity index (χ2v) is 7.16. The Balaban J connectivity index is 1.69. The van der Waals surface area contributed by atoms with Crippen LogP contribution in [0.2, 0.25) is 0 Å². The second-order valence-electron chi connectivity index (χ2n) is 7.16. The molecule has 2 unspecified atom stereocenters. The molecular formula is C19H28N6O. The van der Waals surface area contributed by atoms with E-state index in [4.69, 9.17) is 10.5 Å². The average Bonchev–Trinajstić information content (AvgIpc) is 2.55. The summed E-state index contributed by atoms with van der Waals surface area (Å²) in [5.74, 6) is 3.63. The number of hydrogen-bond donors (Lipinski definition) is 2. The Labute approximate surface area is 155 Å². The number of hydrogen-bond acceptors (Lipinski definition) is 7. The molecule has 1 aliphatic heterocycles. The number of rotatable bonds is 6. The van der Waals surface area contributed by atoms with E-state index >= 15 is 0 Å². The first kappa shape index (κ1) is 18.4. The first-order chi connectivity index (χ1) is 12.5. The third kappa shape index (κ3) is 5.05. The summed E-state index contributed by atoms with van der Waals surface area (Å²) in [6.07, 6.45) is 1.28. The number of nitrogens with zero attached hydrogens (tertiary/aromatic N) is 4. The highest BCUT2D eigenvalue weighted by atomic mass is 16.5. The molecule has 2 heterocycles. The van der Waals surface area contributed by atoms with Gasteiger partial charge in [0.1, 0.15) is 11.6 Å². The summed E-state index contributed by atoms with van der Waals surface area (Å²) in [7, 11) is 0. The third-order valence-corrected chi connectivity index (χ3v) is 4.43. The molecule has 7 heteroatoms. The van der Waals surface area contributed by atoms with E-state index < -0.39 is 0 Å². The Morgan fingerprint density at radius 1 is 1.12 bits per heavy atom. The lowest BCUT2D eigenvalue weighted by molar-refractivity contribution is 0.131. The Kier molecular flexibility index (Phi) is 5.88. The fourth-order valence-corrected chi connectivity index (χ4v) is 3.62. The zero-order valence-corrected chi connectivity index (χ0v) is 15.8. The SMILES string of the molecule is CCOc1ccc(Nc2nc(N)nc(CN3CC(C)CC(C)C3)n2)cc1. The Bertz CT molecular complexity index is 710. The quantitative estimate of drug-likeness (QED) is 0.822. The molecule has 2 aromatic rings. The van der Waals surface area contributed by atoms with Crippen LogP contribution in [0.3, 0.4) is 0 Å². The fraction of sp³-hybridized carbons (Fsp3) is 0.526. The van der Waals surface area contributed by atoms with Crippen LogP contribution in [0.5, 0.6) is 5.75 Å². The molecule has 1 aliphatic rings. The van der Waals surface area contributed by atoms with E-state index in [2.05, 4.69) is 39.0 Å². The van der Waals surface area contributed by atoms with Crippen molar-refractivity contribution in [2.24, 2.45) is 11.8 Å². The minimum Gasteiger partial charge on any atom is -0.494 e. The van der Waals surface area contributed by atoms with Crippen LogP contribution >= 0.6 is 0 Å². The molecule has 1 fully saturated rings. The molecule has 1 saturated heterocycles. The zero-order valence-electron chi connectivity index (χ0n) is 15.8. The van der Waals surface area contributed by atoms with E-state index in [1.54, 1.807) is 0 Å². The van der Waals surface area contributed by atoms with E-state index in [1.165, 1.54) is 6.42 Å². The summed E-state index contributed by atoms with van der Waals surface area (Å²) in [5.41, 5.74) is 6.78. The van der Waals surface area contributed by atoms with Crippen LogP contribution < -0.4 is 15.8 Å². The average molecular weight is 356 g/mol. The van der Waals surface area contributed by atoms with Crippen molar-refractivity contribution in [1.82, 2.24) is 19.9 Å². The summed E-state index contributed by atoms with van der Waals surface area (Å²) >= 11 is 0. The van der Waals surface area contributed by atoms with Gasteiger partial charge in [-0.1, -0.05) is 13.8 Å². The highest BCUT2D eigenvalue weighted by Gasteiger charge is 2.22. The van der Waals surface area contributed by atoms with Crippen LogP contribution in [0, 0.1) is 11.8 Å². The third-order valence-electron chi connectivity index (χ3n) is 4.43. The van der Waals surface area contributed by atoms with Gasteiger partial charge in [0.15, 0.2) is 0 Å². The molecule has 0 bridgehead atoms. The number of piperidine rings is 1. The highest BCUT2D eigenvalue weighted by molar-refractivity contribution is 5.55. The second kappa shape index (κ2) is 8.31. The van der Waals surface area contributed by atoms with Crippen LogP contribution in [-0.4, -0.2) is 39.5 Å². The van der Waals surface area contributed by atoms with Crippen molar-refractivity contribution in [1.29, 1.82) is 0 Å². The molecule has 3 N–H and O–H groups in total. The lowest BCUT2D eigenvalue weighted by Crippen LogP contribution is -2.38. The smallest absolute Gasteiger partial charge is 0.232 e. The van der Waals surface area contributed by atoms with E-state index in [1.807, 2.05) is 31.2 Å². The lowest BCUT2D eigenvalue weighted by Gasteiger charge is -2.34. The fourth-order valence-electron chi connectivity index (χ4n) is 3.62. The Hall–Kier alpha value is -2.41. The van der Waals surface area contributed by atoms with Gasteiger partial charge in [-0.05, 0) is 49.4 Å². The van der Waals surface area contributed by atoms with Crippen LogP contribution in [0.25, 0.3) is 0 Å². The molecule has 0 aliphatic carbocycles. The van der Waals surface area contributed by atoms with E-state index in [0.717, 1.165) is 24.5 Å². The topological polar surface area (TPSA) is 89.2 Å². The standard InChI is InChI=1S/C19H28N6O/c1-4-26-16-7-5-15(6-8-16)21-19-23-17(22-18(20)24-19)12-25-10-13(2)9-14(3)11-25/h5-8,13-14H,4,9-12H2,1-3H3,(H3,20,21,22,23,24). The van der Waals surface area contributed by atoms with E-state index in [0.29, 0.717) is 36.8 Å². The minimum absolute atomic E-state index is 0.238. The van der Waals surface area contributed by atoms with Gasteiger partial charge in [-0.2, -0.15) is 15.0 Å². The molecule has 0 amide bonds. The maximum absolute atomic E-state index is 5.90. The van der Waals surface area contributed by atoms with Crippen LogP contribution in [0.4, 0.5) is 17.6 Å². The number of nitrogens with one attached hydrogen (secondary N) is 1. The van der Waals surface area contributed by atoms with Crippen LogP contribution in [0.1, 0.15) is 33.0 Å². The number of aromatic nitrogens is 3. The number of nitrogens with two attached hydrogens (primary N) is 1. The maximum atomic E-state index is 5.90. The van der Waals surface area contributed by atoms with Crippen molar-refractivity contribution in [2.45, 2.75) is 33.7 Å². The number of ether oxygens (including phenoxy) is 1. The molecule has 1 aromatic heterocycles. The van der Waals surface area contributed by atoms with Gasteiger partial charge in [0.25, 0.3) is 0 Å². The summed E-state index contributed by atoms with van der Waals surface area (Å²) in [6.45, 7) is 10.0. The molecule has 3 rings (SSSR count). The largest absolute Gasteiger partial charge is 0.494 e. The van der Waals surface area contributed by atoms with Gasteiger partial charge < -0.3 is 15.8 Å². The molecule has 0 saturated carbocycles. The maximum Gasteiger partial charge on any atom is 0.232 e. The molecule has 140 valence electrons. The van der Waals surface area contributed by atoms with Gasteiger partial charge >= 0.3 is 0 Å². The van der Waals surface area contributed by atoms with Crippen molar-refractivity contribution >= 4 is 17.6 Å². The van der Waals surface area contributed by atoms with Crippen molar-refractivity contribution in [2.75, 3.05) is 30.7 Å². The Morgan fingerprint density at radius 3 is 2.46 bits per heavy atom. The Morgan fingerprint density at radius 2 is 1.81 bits per heavy atom. The molecule has 1 aromatic carbocycles. The first-order valence-corrected chi connectivity index (χ1v) is 9.24. The predicted octanol–water partition coefficient (Wildman–Crippen LogP) is 3.07. The summed E-state index contributed by atoms with van der Waals surface area (Å²) in [6, 6.07) is 7.68. The van der Waals surface area contributed by atoms with Crippen LogP contribution in [0.15, 0.2) is 24.3 Å². The molecule has 26 heavy (non-hydrogen) atoms. The van der Waals surface area contributed by atoms with Crippen molar-refractivity contribution in [3.63, 3.8) is 0 Å². The number of anilines is 3. The van der Waals surface area contributed by atoms with Gasteiger partial charge in [0.2, 0.25) is 11.9 Å². The first-order valence-electron chi connectivity index (χ1n) is 9.24. The molecule has 0 radical (unpaired) electrons. The minimum atomic E-state index is 0.238. The molecule has 7 nitrogen and oxygen atoms in total. The molecule has 2 atom stereocenters. The molecular weight excluding hydrogens is 328 g/mol. The normalized spacial score (nSPS) is 20.7. The zero-order chi connectivity index (χ0) is 18.5. The van der Waals surface area contributed by atoms with Gasteiger partial charge in [-0.15, -0.1) is 0 Å². The van der Waals surface area contributed by atoms with Crippen molar-refractivity contribution < 1.29 is 4.74 Å². The summed E-state index contributed by atoms with van der Waals surface area (Å²) < 4.78 is 5.46. The van der Waals surface area contributed by atoms with E-state index in [-0.39, 0.29) is 5.95 Å². The predicted molar refractivity (Wildman–Crippen MR) is 103 cm³/mol. The van der Waals surface area contributed by atoms with Crippen LogP contribution in [-0.2, 0) is 6.54 Å². The van der Waals surface area contributed by atoms with Crippen molar-refractivity contribution in [3.05, 3.63) is 30.1 Å². The van der Waals surface area contributed by atoms with Gasteiger partial charge in [0.05, 0.1) is 13.2 Å².